The fraction of sp³-hybridized carbons (Fsp3) is 0.148. The maximum atomic E-state index is 15.4. The van der Waals surface area contributed by atoms with E-state index >= 15 is 4.39 Å². The van der Waals surface area contributed by atoms with Crippen LogP contribution in [0.3, 0.4) is 0 Å². The number of aromatic nitrogens is 1. The zero-order valence-corrected chi connectivity index (χ0v) is 17.1. The number of benzene rings is 3. The summed E-state index contributed by atoms with van der Waals surface area (Å²) in [7, 11) is 0. The van der Waals surface area contributed by atoms with Crippen LogP contribution in [0.15, 0.2) is 91.0 Å². The van der Waals surface area contributed by atoms with Crippen molar-refractivity contribution in [1.82, 2.24) is 4.98 Å². The van der Waals surface area contributed by atoms with Gasteiger partial charge < -0.3 is 5.32 Å². The van der Waals surface area contributed by atoms with Crippen LogP contribution in [0.5, 0.6) is 0 Å². The van der Waals surface area contributed by atoms with Gasteiger partial charge in [0.15, 0.2) is 5.82 Å². The first-order chi connectivity index (χ1) is 14.7. The number of pyridine rings is 1. The molecule has 150 valence electrons. The van der Waals surface area contributed by atoms with E-state index in [0.29, 0.717) is 11.4 Å². The molecule has 3 aromatic carbocycles. The number of hydrogen-bond donors (Lipinski definition) is 1. The summed E-state index contributed by atoms with van der Waals surface area (Å²) in [5, 5.41) is 3.22. The molecule has 0 amide bonds. The number of aryl methyl sites for hydroxylation is 1. The quantitative estimate of drug-likeness (QED) is 0.347. The molecule has 0 radical (unpaired) electrons. The number of rotatable bonds is 7. The van der Waals surface area contributed by atoms with Crippen molar-refractivity contribution < 1.29 is 4.39 Å². The second kappa shape index (κ2) is 9.36. The molecule has 3 heteroatoms. The van der Waals surface area contributed by atoms with E-state index < -0.39 is 0 Å². The van der Waals surface area contributed by atoms with Gasteiger partial charge >= 0.3 is 0 Å². The van der Waals surface area contributed by atoms with Gasteiger partial charge in [0, 0.05) is 16.8 Å². The molecule has 4 rings (SSSR count). The number of halogens is 1. The number of unbranched alkanes of at least 4 members (excludes halogenated alkanes) is 1. The molecule has 1 aromatic heterocycles. The third-order valence-electron chi connectivity index (χ3n) is 5.13. The second-order valence-electron chi connectivity index (χ2n) is 7.38. The van der Waals surface area contributed by atoms with Crippen molar-refractivity contribution in [3.63, 3.8) is 0 Å². The molecule has 0 aliphatic rings. The Hall–Kier alpha value is -3.46. The third kappa shape index (κ3) is 4.57. The van der Waals surface area contributed by atoms with Crippen molar-refractivity contribution >= 4 is 11.4 Å². The fourth-order valence-corrected chi connectivity index (χ4v) is 3.46. The Labute approximate surface area is 177 Å². The summed E-state index contributed by atoms with van der Waals surface area (Å²) in [6.45, 7) is 2.20. The van der Waals surface area contributed by atoms with Gasteiger partial charge in [0.05, 0.1) is 11.4 Å². The smallest absolute Gasteiger partial charge is 0.172 e. The summed E-state index contributed by atoms with van der Waals surface area (Å²) in [4.78, 5) is 4.69. The molecule has 0 saturated heterocycles. The van der Waals surface area contributed by atoms with Crippen molar-refractivity contribution in [3.05, 3.63) is 102 Å². The van der Waals surface area contributed by atoms with E-state index in [-0.39, 0.29) is 5.82 Å². The van der Waals surface area contributed by atoms with E-state index in [0.717, 1.165) is 28.9 Å². The molecule has 1 N–H and O–H groups in total. The van der Waals surface area contributed by atoms with Gasteiger partial charge in [-0.1, -0.05) is 86.1 Å². The highest BCUT2D eigenvalue weighted by atomic mass is 19.1. The molecule has 0 saturated carbocycles. The van der Waals surface area contributed by atoms with E-state index in [1.807, 2.05) is 60.7 Å². The third-order valence-corrected chi connectivity index (χ3v) is 5.13. The van der Waals surface area contributed by atoms with Crippen molar-refractivity contribution in [2.24, 2.45) is 0 Å². The van der Waals surface area contributed by atoms with Crippen LogP contribution in [-0.4, -0.2) is 4.98 Å². The zero-order chi connectivity index (χ0) is 20.8. The molecule has 2 nitrogen and oxygen atoms in total. The van der Waals surface area contributed by atoms with Gasteiger partial charge in [0.25, 0.3) is 0 Å². The first kappa shape index (κ1) is 19.8. The zero-order valence-electron chi connectivity index (χ0n) is 17.1. The standard InChI is InChI=1S/C27H25FN2/c1-2-3-10-20-15-17-21(18-16-20)24-19-25(29-23-13-8-5-9-14-23)26(28)27(30-24)22-11-6-4-7-12-22/h4-9,11-19H,2-3,10H2,1H3,(H,29,30). The molecule has 0 aliphatic carbocycles. The van der Waals surface area contributed by atoms with Crippen molar-refractivity contribution in [2.45, 2.75) is 26.2 Å². The topological polar surface area (TPSA) is 24.9 Å². The lowest BCUT2D eigenvalue weighted by molar-refractivity contribution is 0.630. The highest BCUT2D eigenvalue weighted by Crippen LogP contribution is 2.32. The van der Waals surface area contributed by atoms with Crippen LogP contribution in [-0.2, 0) is 6.42 Å². The number of hydrogen-bond acceptors (Lipinski definition) is 2. The maximum Gasteiger partial charge on any atom is 0.172 e. The normalized spacial score (nSPS) is 10.7. The van der Waals surface area contributed by atoms with Gasteiger partial charge in [0.1, 0.15) is 5.69 Å². The van der Waals surface area contributed by atoms with Gasteiger partial charge in [0.2, 0.25) is 0 Å². The van der Waals surface area contributed by atoms with E-state index in [4.69, 9.17) is 4.98 Å². The van der Waals surface area contributed by atoms with Crippen molar-refractivity contribution in [3.8, 4) is 22.5 Å². The number of anilines is 2. The predicted molar refractivity (Wildman–Crippen MR) is 123 cm³/mol. The van der Waals surface area contributed by atoms with Crippen molar-refractivity contribution in [1.29, 1.82) is 0 Å². The van der Waals surface area contributed by atoms with Crippen LogP contribution in [0.2, 0.25) is 0 Å². The average Bonchev–Trinajstić information content (AvgIpc) is 2.80. The highest BCUT2D eigenvalue weighted by molar-refractivity contribution is 5.75. The first-order valence-electron chi connectivity index (χ1n) is 10.4. The Kier molecular flexibility index (Phi) is 6.19. The molecule has 0 atom stereocenters. The van der Waals surface area contributed by atoms with Gasteiger partial charge in [-0.25, -0.2) is 9.37 Å². The van der Waals surface area contributed by atoms with Gasteiger partial charge in [-0.2, -0.15) is 0 Å². The summed E-state index contributed by atoms with van der Waals surface area (Å²) < 4.78 is 15.4. The van der Waals surface area contributed by atoms with Crippen LogP contribution < -0.4 is 5.32 Å². The number of nitrogens with one attached hydrogen (secondary N) is 1. The second-order valence-corrected chi connectivity index (χ2v) is 7.38. The summed E-state index contributed by atoms with van der Waals surface area (Å²) in [5.41, 5.74) is 5.39. The SMILES string of the molecule is CCCCc1ccc(-c2cc(Nc3ccccc3)c(F)c(-c3ccccc3)n2)cc1. The minimum absolute atomic E-state index is 0.349. The Bertz CT molecular complexity index is 1090. The molecule has 0 spiro atoms. The van der Waals surface area contributed by atoms with Gasteiger partial charge in [-0.3, -0.25) is 0 Å². The predicted octanol–water partition coefficient (Wildman–Crippen LogP) is 7.64. The number of para-hydroxylation sites is 1. The van der Waals surface area contributed by atoms with E-state index in [1.165, 1.54) is 18.4 Å². The summed E-state index contributed by atoms with van der Waals surface area (Å²) in [5.74, 6) is -0.353. The molecule has 0 bridgehead atoms. The van der Waals surface area contributed by atoms with E-state index in [1.54, 1.807) is 6.07 Å². The van der Waals surface area contributed by atoms with E-state index in [9.17, 15) is 0 Å². The Balaban J connectivity index is 1.77. The summed E-state index contributed by atoms with van der Waals surface area (Å²) in [6.07, 6.45) is 3.43. The molecule has 0 unspecified atom stereocenters. The van der Waals surface area contributed by atoms with Gasteiger partial charge in [-0.05, 0) is 36.6 Å². The molecule has 30 heavy (non-hydrogen) atoms. The summed E-state index contributed by atoms with van der Waals surface area (Å²) >= 11 is 0. The van der Waals surface area contributed by atoms with Gasteiger partial charge in [-0.15, -0.1) is 0 Å². The van der Waals surface area contributed by atoms with Crippen LogP contribution in [0.25, 0.3) is 22.5 Å². The minimum Gasteiger partial charge on any atom is -0.353 e. The van der Waals surface area contributed by atoms with Crippen LogP contribution in [0, 0.1) is 5.82 Å². The Morgan fingerprint density at radius 2 is 1.47 bits per heavy atom. The molecule has 0 fully saturated rings. The lowest BCUT2D eigenvalue weighted by Crippen LogP contribution is -2.00. The van der Waals surface area contributed by atoms with Crippen molar-refractivity contribution in [2.75, 3.05) is 5.32 Å². The monoisotopic (exact) mass is 396 g/mol. The molecule has 4 aromatic rings. The first-order valence-corrected chi connectivity index (χ1v) is 10.4. The molecule has 0 aliphatic heterocycles. The van der Waals surface area contributed by atoms with Crippen LogP contribution in [0.1, 0.15) is 25.3 Å². The van der Waals surface area contributed by atoms with E-state index in [2.05, 4.69) is 36.5 Å². The highest BCUT2D eigenvalue weighted by Gasteiger charge is 2.15. The Morgan fingerprint density at radius 1 is 0.800 bits per heavy atom. The molecular weight excluding hydrogens is 371 g/mol. The lowest BCUT2D eigenvalue weighted by Gasteiger charge is -2.14. The number of nitrogens with zero attached hydrogens (tertiary/aromatic N) is 1. The fourth-order valence-electron chi connectivity index (χ4n) is 3.46. The molecular formula is C27H25FN2. The maximum absolute atomic E-state index is 15.4. The average molecular weight is 397 g/mol. The van der Waals surface area contributed by atoms with Crippen LogP contribution in [0.4, 0.5) is 15.8 Å². The minimum atomic E-state index is -0.353. The largest absolute Gasteiger partial charge is 0.353 e. The lowest BCUT2D eigenvalue weighted by atomic mass is 10.0. The Morgan fingerprint density at radius 3 is 2.13 bits per heavy atom. The van der Waals surface area contributed by atoms with Crippen LogP contribution >= 0.6 is 0 Å². The summed E-state index contributed by atoms with van der Waals surface area (Å²) in [6, 6.07) is 29.3. The molecule has 1 heterocycles.